The van der Waals surface area contributed by atoms with Crippen molar-refractivity contribution in [3.05, 3.63) is 46.8 Å². The predicted molar refractivity (Wildman–Crippen MR) is 79.1 cm³/mol. The quantitative estimate of drug-likeness (QED) is 0.881. The molecule has 1 amide bonds. The van der Waals surface area contributed by atoms with Crippen molar-refractivity contribution in [2.24, 2.45) is 0 Å². The minimum absolute atomic E-state index is 0.0374. The largest absolute Gasteiger partial charge is 0.484 e. The number of nitrogens with zero attached hydrogens (tertiary/aromatic N) is 1. The first-order valence-corrected chi connectivity index (χ1v) is 7.22. The van der Waals surface area contributed by atoms with E-state index < -0.39 is 0 Å². The van der Waals surface area contributed by atoms with Crippen molar-refractivity contribution < 1.29 is 9.53 Å². The van der Waals surface area contributed by atoms with Crippen molar-refractivity contribution in [2.75, 3.05) is 6.61 Å². The molecule has 1 aliphatic carbocycles. The zero-order valence-corrected chi connectivity index (χ0v) is 12.1. The van der Waals surface area contributed by atoms with Crippen LogP contribution < -0.4 is 10.1 Å². The molecular weight excluding hydrogens is 266 g/mol. The summed E-state index contributed by atoms with van der Waals surface area (Å²) in [4.78, 5) is 11.8. The SMILES string of the molecule is Cc1[nH]ncc1CNC(=O)COc1ccc2c(c1)CCC2. The van der Waals surface area contributed by atoms with Gasteiger partial charge in [0.25, 0.3) is 5.91 Å². The molecule has 5 heteroatoms. The number of carbonyl (C=O) groups excluding carboxylic acids is 1. The fourth-order valence-corrected chi connectivity index (χ4v) is 2.59. The summed E-state index contributed by atoms with van der Waals surface area (Å²) in [6.45, 7) is 2.43. The molecule has 21 heavy (non-hydrogen) atoms. The monoisotopic (exact) mass is 285 g/mol. The van der Waals surface area contributed by atoms with E-state index in [1.807, 2.05) is 13.0 Å². The van der Waals surface area contributed by atoms with Gasteiger partial charge in [0.2, 0.25) is 0 Å². The molecule has 0 saturated heterocycles. The van der Waals surface area contributed by atoms with Gasteiger partial charge in [-0.15, -0.1) is 0 Å². The zero-order valence-electron chi connectivity index (χ0n) is 12.1. The van der Waals surface area contributed by atoms with Crippen LogP contribution in [0.2, 0.25) is 0 Å². The van der Waals surface area contributed by atoms with E-state index in [9.17, 15) is 4.79 Å². The van der Waals surface area contributed by atoms with E-state index in [0.29, 0.717) is 6.54 Å². The van der Waals surface area contributed by atoms with E-state index >= 15 is 0 Å². The number of aromatic amines is 1. The Bertz CT molecular complexity index is 649. The number of ether oxygens (including phenoxy) is 1. The Hall–Kier alpha value is -2.30. The van der Waals surface area contributed by atoms with Gasteiger partial charge in [-0.25, -0.2) is 0 Å². The maximum atomic E-state index is 11.8. The average Bonchev–Trinajstić information content (AvgIpc) is 3.11. The van der Waals surface area contributed by atoms with Gasteiger partial charge in [-0.1, -0.05) is 6.07 Å². The van der Waals surface area contributed by atoms with Crippen molar-refractivity contribution in [1.29, 1.82) is 0 Å². The number of fused-ring (bicyclic) bond motifs is 1. The van der Waals surface area contributed by atoms with Gasteiger partial charge in [0, 0.05) is 17.8 Å². The minimum atomic E-state index is -0.129. The number of hydrogen-bond acceptors (Lipinski definition) is 3. The minimum Gasteiger partial charge on any atom is -0.484 e. The van der Waals surface area contributed by atoms with Crippen LogP contribution in [0.1, 0.15) is 28.8 Å². The van der Waals surface area contributed by atoms with E-state index in [4.69, 9.17) is 4.74 Å². The summed E-state index contributed by atoms with van der Waals surface area (Å²) in [6.07, 6.45) is 5.19. The lowest BCUT2D eigenvalue weighted by Crippen LogP contribution is -2.28. The first-order chi connectivity index (χ1) is 10.2. The third-order valence-corrected chi connectivity index (χ3v) is 3.85. The molecule has 0 spiro atoms. The van der Waals surface area contributed by atoms with Crippen molar-refractivity contribution in [1.82, 2.24) is 15.5 Å². The van der Waals surface area contributed by atoms with Gasteiger partial charge in [0.05, 0.1) is 6.20 Å². The smallest absolute Gasteiger partial charge is 0.258 e. The molecule has 3 rings (SSSR count). The lowest BCUT2D eigenvalue weighted by molar-refractivity contribution is -0.123. The Kier molecular flexibility index (Phi) is 3.90. The summed E-state index contributed by atoms with van der Waals surface area (Å²) in [5.74, 6) is 0.640. The molecule has 1 aromatic heterocycles. The number of nitrogens with one attached hydrogen (secondary N) is 2. The van der Waals surface area contributed by atoms with Crippen LogP contribution in [0, 0.1) is 6.92 Å². The maximum Gasteiger partial charge on any atom is 0.258 e. The average molecular weight is 285 g/mol. The summed E-state index contributed by atoms with van der Waals surface area (Å²) in [7, 11) is 0. The van der Waals surface area contributed by atoms with Crippen LogP contribution in [-0.2, 0) is 24.2 Å². The van der Waals surface area contributed by atoms with Crippen molar-refractivity contribution in [2.45, 2.75) is 32.7 Å². The van der Waals surface area contributed by atoms with Gasteiger partial charge >= 0.3 is 0 Å². The lowest BCUT2D eigenvalue weighted by atomic mass is 10.1. The van der Waals surface area contributed by atoms with Gasteiger partial charge in [-0.05, 0) is 49.4 Å². The molecule has 0 saturated carbocycles. The van der Waals surface area contributed by atoms with E-state index in [1.54, 1.807) is 6.20 Å². The maximum absolute atomic E-state index is 11.8. The van der Waals surface area contributed by atoms with Crippen LogP contribution in [-0.4, -0.2) is 22.7 Å². The number of carbonyl (C=O) groups is 1. The second-order valence-corrected chi connectivity index (χ2v) is 5.37. The summed E-state index contributed by atoms with van der Waals surface area (Å²) in [5, 5.41) is 9.58. The Morgan fingerprint density at radius 1 is 1.38 bits per heavy atom. The molecule has 0 unspecified atom stereocenters. The predicted octanol–water partition coefficient (Wildman–Crippen LogP) is 1.90. The highest BCUT2D eigenvalue weighted by atomic mass is 16.5. The highest BCUT2D eigenvalue weighted by Crippen LogP contribution is 2.25. The van der Waals surface area contributed by atoms with E-state index in [1.165, 1.54) is 17.5 Å². The number of rotatable bonds is 5. The van der Waals surface area contributed by atoms with Gasteiger partial charge in [0.1, 0.15) is 5.75 Å². The van der Waals surface area contributed by atoms with Crippen molar-refractivity contribution in [3.8, 4) is 5.75 Å². The highest BCUT2D eigenvalue weighted by molar-refractivity contribution is 5.77. The molecule has 0 radical (unpaired) electrons. The normalized spacial score (nSPS) is 13.0. The van der Waals surface area contributed by atoms with E-state index in [0.717, 1.165) is 29.8 Å². The Balaban J connectivity index is 1.48. The van der Waals surface area contributed by atoms with Gasteiger partial charge in [-0.3, -0.25) is 9.89 Å². The first kappa shape index (κ1) is 13.7. The van der Waals surface area contributed by atoms with Gasteiger partial charge < -0.3 is 10.1 Å². The molecule has 110 valence electrons. The topological polar surface area (TPSA) is 67.0 Å². The Labute approximate surface area is 123 Å². The molecule has 2 N–H and O–H groups in total. The zero-order chi connectivity index (χ0) is 14.7. The standard InChI is InChI=1S/C16H19N3O2/c1-11-14(9-18-19-11)8-17-16(20)10-21-15-6-5-12-3-2-4-13(12)7-15/h5-7,9H,2-4,8,10H2,1H3,(H,17,20)(H,18,19). The number of aromatic nitrogens is 2. The molecule has 0 fully saturated rings. The number of amides is 1. The fourth-order valence-electron chi connectivity index (χ4n) is 2.59. The molecular formula is C16H19N3O2. The van der Waals surface area contributed by atoms with Crippen molar-refractivity contribution in [3.63, 3.8) is 0 Å². The van der Waals surface area contributed by atoms with Crippen LogP contribution in [0.5, 0.6) is 5.75 Å². The molecule has 0 aliphatic heterocycles. The van der Waals surface area contributed by atoms with Crippen molar-refractivity contribution >= 4 is 5.91 Å². The van der Waals surface area contributed by atoms with E-state index in [2.05, 4.69) is 27.6 Å². The molecule has 5 nitrogen and oxygen atoms in total. The molecule has 0 bridgehead atoms. The Morgan fingerprint density at radius 2 is 2.24 bits per heavy atom. The van der Waals surface area contributed by atoms with Gasteiger partial charge in [-0.2, -0.15) is 5.10 Å². The third-order valence-electron chi connectivity index (χ3n) is 3.85. The third kappa shape index (κ3) is 3.24. The molecule has 0 atom stereocenters. The van der Waals surface area contributed by atoms with Crippen LogP contribution in [0.25, 0.3) is 0 Å². The van der Waals surface area contributed by atoms with Crippen LogP contribution in [0.4, 0.5) is 0 Å². The summed E-state index contributed by atoms with van der Waals surface area (Å²) < 4.78 is 5.56. The summed E-state index contributed by atoms with van der Waals surface area (Å²) >= 11 is 0. The molecule has 2 aromatic rings. The fraction of sp³-hybridized carbons (Fsp3) is 0.375. The second kappa shape index (κ2) is 5.99. The molecule has 1 aliphatic rings. The number of aryl methyl sites for hydroxylation is 3. The van der Waals surface area contributed by atoms with Gasteiger partial charge in [0.15, 0.2) is 6.61 Å². The number of hydrogen-bond donors (Lipinski definition) is 2. The molecule has 1 heterocycles. The Morgan fingerprint density at radius 3 is 3.05 bits per heavy atom. The summed E-state index contributed by atoms with van der Waals surface area (Å²) in [5.41, 5.74) is 4.71. The molecule has 1 aromatic carbocycles. The highest BCUT2D eigenvalue weighted by Gasteiger charge is 2.12. The lowest BCUT2D eigenvalue weighted by Gasteiger charge is -2.08. The van der Waals surface area contributed by atoms with Crippen LogP contribution in [0.15, 0.2) is 24.4 Å². The first-order valence-electron chi connectivity index (χ1n) is 7.22. The number of benzene rings is 1. The second-order valence-electron chi connectivity index (χ2n) is 5.37. The summed E-state index contributed by atoms with van der Waals surface area (Å²) in [6, 6.07) is 6.10. The van der Waals surface area contributed by atoms with E-state index in [-0.39, 0.29) is 12.5 Å². The van der Waals surface area contributed by atoms with Crippen LogP contribution >= 0.6 is 0 Å². The van der Waals surface area contributed by atoms with Crippen LogP contribution in [0.3, 0.4) is 0 Å². The number of H-pyrrole nitrogens is 1.